The topological polar surface area (TPSA) is 57.8 Å². The fourth-order valence-corrected chi connectivity index (χ4v) is 2.37. The van der Waals surface area contributed by atoms with E-state index < -0.39 is 0 Å². The predicted molar refractivity (Wildman–Crippen MR) is 77.5 cm³/mol. The molecule has 4 heteroatoms. The highest BCUT2D eigenvalue weighted by Gasteiger charge is 2.30. The Hall–Kier alpha value is -1.32. The van der Waals surface area contributed by atoms with Gasteiger partial charge in [-0.2, -0.15) is 5.10 Å². The highest BCUT2D eigenvalue weighted by molar-refractivity contribution is 5.78. The van der Waals surface area contributed by atoms with Crippen molar-refractivity contribution in [2.45, 2.75) is 59.9 Å². The molecule has 0 atom stereocenters. The first kappa shape index (κ1) is 15.7. The zero-order valence-corrected chi connectivity index (χ0v) is 12.6. The lowest BCUT2D eigenvalue weighted by Gasteiger charge is -2.33. The van der Waals surface area contributed by atoms with Crippen molar-refractivity contribution in [1.82, 2.24) is 15.5 Å². The summed E-state index contributed by atoms with van der Waals surface area (Å²) in [5.41, 5.74) is 1.44. The van der Waals surface area contributed by atoms with Gasteiger partial charge in [0, 0.05) is 24.2 Å². The number of aromatic nitrogens is 2. The average molecular weight is 265 g/mol. The van der Waals surface area contributed by atoms with Crippen LogP contribution in [0.3, 0.4) is 0 Å². The van der Waals surface area contributed by atoms with Crippen molar-refractivity contribution in [1.29, 1.82) is 0 Å². The molecule has 0 saturated heterocycles. The Bertz CT molecular complexity index is 361. The molecule has 1 fully saturated rings. The van der Waals surface area contributed by atoms with E-state index >= 15 is 0 Å². The summed E-state index contributed by atoms with van der Waals surface area (Å²) in [6.07, 6.45) is 7.89. The molecule has 2 rings (SSSR count). The van der Waals surface area contributed by atoms with E-state index in [0.29, 0.717) is 12.0 Å². The molecule has 1 aromatic rings. The predicted octanol–water partition coefficient (Wildman–Crippen LogP) is 3.27. The standard InChI is InChI=1S/C13H21N3O.C2H6/c1-13(2)5-3-11(4-6-13)12(17)14-7-10-8-15-16-9-10;1-2/h8-9,11H,3-7H2,1-2H3,(H,14,17)(H,15,16);1-2H3. The van der Waals surface area contributed by atoms with Crippen LogP contribution in [0.1, 0.15) is 58.9 Å². The summed E-state index contributed by atoms with van der Waals surface area (Å²) in [5.74, 6) is 0.400. The summed E-state index contributed by atoms with van der Waals surface area (Å²) in [7, 11) is 0. The second kappa shape index (κ2) is 7.31. The van der Waals surface area contributed by atoms with Crippen molar-refractivity contribution in [3.05, 3.63) is 18.0 Å². The number of rotatable bonds is 3. The van der Waals surface area contributed by atoms with Crippen LogP contribution in [-0.4, -0.2) is 16.1 Å². The van der Waals surface area contributed by atoms with Gasteiger partial charge in [-0.05, 0) is 31.1 Å². The average Bonchev–Trinajstić information content (AvgIpc) is 2.91. The zero-order chi connectivity index (χ0) is 14.3. The molecule has 108 valence electrons. The van der Waals surface area contributed by atoms with Crippen LogP contribution in [0.15, 0.2) is 12.4 Å². The lowest BCUT2D eigenvalue weighted by Crippen LogP contribution is -2.34. The lowest BCUT2D eigenvalue weighted by molar-refractivity contribution is -0.126. The first-order chi connectivity index (χ1) is 9.07. The molecular weight excluding hydrogens is 238 g/mol. The van der Waals surface area contributed by atoms with Gasteiger partial charge in [0.25, 0.3) is 0 Å². The molecular formula is C15H27N3O. The number of nitrogens with one attached hydrogen (secondary N) is 2. The first-order valence-electron chi connectivity index (χ1n) is 7.32. The smallest absolute Gasteiger partial charge is 0.223 e. The number of nitrogens with zero attached hydrogens (tertiary/aromatic N) is 1. The van der Waals surface area contributed by atoms with Gasteiger partial charge in [0.2, 0.25) is 5.91 Å². The minimum atomic E-state index is 0.196. The number of hydrogen-bond donors (Lipinski definition) is 2. The number of carbonyl (C=O) groups is 1. The van der Waals surface area contributed by atoms with E-state index in [-0.39, 0.29) is 11.8 Å². The van der Waals surface area contributed by atoms with E-state index in [4.69, 9.17) is 0 Å². The molecule has 1 aromatic heterocycles. The Kier molecular flexibility index (Phi) is 6.06. The molecule has 0 radical (unpaired) electrons. The largest absolute Gasteiger partial charge is 0.352 e. The van der Waals surface area contributed by atoms with Gasteiger partial charge in [0.15, 0.2) is 0 Å². The summed E-state index contributed by atoms with van der Waals surface area (Å²) in [4.78, 5) is 12.0. The van der Waals surface area contributed by atoms with Gasteiger partial charge in [-0.25, -0.2) is 0 Å². The highest BCUT2D eigenvalue weighted by Crippen LogP contribution is 2.37. The summed E-state index contributed by atoms with van der Waals surface area (Å²) >= 11 is 0. The summed E-state index contributed by atoms with van der Waals surface area (Å²) < 4.78 is 0. The molecule has 1 saturated carbocycles. The SMILES string of the molecule is CC.CC1(C)CCC(C(=O)NCc2cn[nH]c2)CC1. The van der Waals surface area contributed by atoms with E-state index in [1.807, 2.05) is 20.0 Å². The Morgan fingerprint density at radius 3 is 2.58 bits per heavy atom. The lowest BCUT2D eigenvalue weighted by atomic mass is 9.73. The maximum absolute atomic E-state index is 12.0. The second-order valence-electron chi connectivity index (χ2n) is 5.76. The number of H-pyrrole nitrogens is 1. The molecule has 0 spiro atoms. The highest BCUT2D eigenvalue weighted by atomic mass is 16.1. The quantitative estimate of drug-likeness (QED) is 0.881. The van der Waals surface area contributed by atoms with Crippen molar-refractivity contribution >= 4 is 5.91 Å². The Morgan fingerprint density at radius 1 is 1.42 bits per heavy atom. The van der Waals surface area contributed by atoms with Crippen LogP contribution < -0.4 is 5.32 Å². The van der Waals surface area contributed by atoms with Crippen molar-refractivity contribution < 1.29 is 4.79 Å². The third-order valence-corrected chi connectivity index (χ3v) is 3.73. The monoisotopic (exact) mass is 265 g/mol. The van der Waals surface area contributed by atoms with E-state index in [1.165, 1.54) is 0 Å². The third kappa shape index (κ3) is 5.05. The maximum atomic E-state index is 12.0. The molecule has 0 bridgehead atoms. The third-order valence-electron chi connectivity index (χ3n) is 3.73. The molecule has 1 amide bonds. The van der Waals surface area contributed by atoms with Crippen molar-refractivity contribution in [2.24, 2.45) is 11.3 Å². The molecule has 4 nitrogen and oxygen atoms in total. The minimum Gasteiger partial charge on any atom is -0.352 e. The second-order valence-corrected chi connectivity index (χ2v) is 5.76. The number of hydrogen-bond acceptors (Lipinski definition) is 2. The molecule has 1 aliphatic carbocycles. The zero-order valence-electron chi connectivity index (χ0n) is 12.6. The van der Waals surface area contributed by atoms with Gasteiger partial charge < -0.3 is 5.32 Å². The molecule has 19 heavy (non-hydrogen) atoms. The Balaban J connectivity index is 0.000000861. The molecule has 0 aliphatic heterocycles. The van der Waals surface area contributed by atoms with Gasteiger partial charge in [0.05, 0.1) is 6.20 Å². The van der Waals surface area contributed by atoms with Gasteiger partial charge in [-0.15, -0.1) is 0 Å². The van der Waals surface area contributed by atoms with Gasteiger partial charge >= 0.3 is 0 Å². The van der Waals surface area contributed by atoms with Crippen molar-refractivity contribution in [3.63, 3.8) is 0 Å². The minimum absolute atomic E-state index is 0.196. The summed E-state index contributed by atoms with van der Waals surface area (Å²) in [5, 5.41) is 9.58. The molecule has 0 aromatic carbocycles. The normalized spacial score (nSPS) is 18.3. The molecule has 1 heterocycles. The molecule has 2 N–H and O–H groups in total. The number of aromatic amines is 1. The van der Waals surface area contributed by atoms with Crippen LogP contribution >= 0.6 is 0 Å². The fourth-order valence-electron chi connectivity index (χ4n) is 2.37. The van der Waals surface area contributed by atoms with E-state index in [0.717, 1.165) is 31.2 Å². The maximum Gasteiger partial charge on any atom is 0.223 e. The number of amides is 1. The van der Waals surface area contributed by atoms with Gasteiger partial charge in [-0.3, -0.25) is 9.89 Å². The van der Waals surface area contributed by atoms with Crippen molar-refractivity contribution in [3.8, 4) is 0 Å². The fraction of sp³-hybridized carbons (Fsp3) is 0.733. The van der Waals surface area contributed by atoms with E-state index in [2.05, 4.69) is 29.4 Å². The van der Waals surface area contributed by atoms with Crippen LogP contribution in [0.25, 0.3) is 0 Å². The van der Waals surface area contributed by atoms with E-state index in [1.54, 1.807) is 6.20 Å². The van der Waals surface area contributed by atoms with E-state index in [9.17, 15) is 4.79 Å². The van der Waals surface area contributed by atoms with Crippen LogP contribution in [0.5, 0.6) is 0 Å². The van der Waals surface area contributed by atoms with Gasteiger partial charge in [0.1, 0.15) is 0 Å². The first-order valence-corrected chi connectivity index (χ1v) is 7.32. The number of carbonyl (C=O) groups excluding carboxylic acids is 1. The summed E-state index contributed by atoms with van der Waals surface area (Å²) in [6.45, 7) is 9.15. The van der Waals surface area contributed by atoms with Gasteiger partial charge in [-0.1, -0.05) is 27.7 Å². The van der Waals surface area contributed by atoms with Crippen LogP contribution in [0.4, 0.5) is 0 Å². The van der Waals surface area contributed by atoms with Crippen LogP contribution in [-0.2, 0) is 11.3 Å². The Labute approximate surface area is 116 Å². The van der Waals surface area contributed by atoms with Crippen LogP contribution in [0, 0.1) is 11.3 Å². The Morgan fingerprint density at radius 2 is 2.05 bits per heavy atom. The van der Waals surface area contributed by atoms with Crippen molar-refractivity contribution in [2.75, 3.05) is 0 Å². The van der Waals surface area contributed by atoms with Crippen LogP contribution in [0.2, 0.25) is 0 Å². The summed E-state index contributed by atoms with van der Waals surface area (Å²) in [6, 6.07) is 0. The molecule has 0 unspecified atom stereocenters. The molecule has 1 aliphatic rings.